The average molecular weight is 272 g/mol. The van der Waals surface area contributed by atoms with Crippen LogP contribution in [0.1, 0.15) is 6.92 Å². The van der Waals surface area contributed by atoms with Gasteiger partial charge in [-0.1, -0.05) is 12.1 Å². The lowest BCUT2D eigenvalue weighted by atomic mass is 10.1. The number of carbonyl (C=O) groups is 1. The number of hydrogen-bond donors (Lipinski definition) is 2. The van der Waals surface area contributed by atoms with Crippen LogP contribution in [-0.2, 0) is 4.79 Å². The molecule has 0 spiro atoms. The smallest absolute Gasteiger partial charge is 0.288 e. The van der Waals surface area contributed by atoms with E-state index in [1.807, 2.05) is 0 Å². The molecule has 0 bridgehead atoms. The van der Waals surface area contributed by atoms with E-state index in [0.29, 0.717) is 16.8 Å². The van der Waals surface area contributed by atoms with Crippen molar-refractivity contribution in [2.24, 2.45) is 0 Å². The zero-order valence-corrected chi connectivity index (χ0v) is 10.7. The molecule has 0 fully saturated rings. The molecule has 0 saturated carbocycles. The SMILES string of the molecule is CC(=O)Nc1ccc(-c2cc([N+](=O)[O-])cnc2N)cc1. The number of aromatic nitrogens is 1. The molecule has 1 amide bonds. The van der Waals surface area contributed by atoms with Crippen LogP contribution in [0.4, 0.5) is 17.2 Å². The van der Waals surface area contributed by atoms with E-state index >= 15 is 0 Å². The number of benzene rings is 1. The number of nitrogens with one attached hydrogen (secondary N) is 1. The highest BCUT2D eigenvalue weighted by Crippen LogP contribution is 2.28. The van der Waals surface area contributed by atoms with Crippen LogP contribution in [0.5, 0.6) is 0 Å². The maximum atomic E-state index is 10.9. The predicted octanol–water partition coefficient (Wildman–Crippen LogP) is 2.20. The van der Waals surface area contributed by atoms with E-state index in [1.165, 1.54) is 13.0 Å². The first-order valence-electron chi connectivity index (χ1n) is 5.75. The first kappa shape index (κ1) is 13.5. The Balaban J connectivity index is 2.38. The molecule has 7 heteroatoms. The van der Waals surface area contributed by atoms with Gasteiger partial charge >= 0.3 is 0 Å². The monoisotopic (exact) mass is 272 g/mol. The highest BCUT2D eigenvalue weighted by atomic mass is 16.6. The van der Waals surface area contributed by atoms with Crippen LogP contribution in [-0.4, -0.2) is 15.8 Å². The Labute approximate surface area is 114 Å². The molecule has 0 aliphatic rings. The fourth-order valence-corrected chi connectivity index (χ4v) is 1.73. The van der Waals surface area contributed by atoms with Crippen molar-refractivity contribution < 1.29 is 9.72 Å². The number of nitrogen functional groups attached to an aromatic ring is 1. The molecule has 0 aliphatic heterocycles. The fraction of sp³-hybridized carbons (Fsp3) is 0.0769. The lowest BCUT2D eigenvalue weighted by Crippen LogP contribution is -2.05. The molecule has 102 valence electrons. The number of nitro groups is 1. The van der Waals surface area contributed by atoms with Crippen molar-refractivity contribution in [3.63, 3.8) is 0 Å². The Kier molecular flexibility index (Phi) is 3.60. The molecule has 3 N–H and O–H groups in total. The quantitative estimate of drug-likeness (QED) is 0.657. The van der Waals surface area contributed by atoms with Crippen LogP contribution < -0.4 is 11.1 Å². The Morgan fingerprint density at radius 1 is 1.35 bits per heavy atom. The highest BCUT2D eigenvalue weighted by molar-refractivity contribution is 5.89. The number of anilines is 2. The summed E-state index contributed by atoms with van der Waals surface area (Å²) in [5, 5.41) is 13.4. The first-order valence-corrected chi connectivity index (χ1v) is 5.75. The van der Waals surface area contributed by atoms with Crippen molar-refractivity contribution in [1.82, 2.24) is 4.98 Å². The van der Waals surface area contributed by atoms with E-state index in [2.05, 4.69) is 10.3 Å². The largest absolute Gasteiger partial charge is 0.383 e. The van der Waals surface area contributed by atoms with Gasteiger partial charge in [0.1, 0.15) is 12.0 Å². The Morgan fingerprint density at radius 3 is 2.55 bits per heavy atom. The predicted molar refractivity (Wildman–Crippen MR) is 75.0 cm³/mol. The van der Waals surface area contributed by atoms with Gasteiger partial charge in [0.15, 0.2) is 0 Å². The summed E-state index contributed by atoms with van der Waals surface area (Å²) in [6, 6.07) is 8.17. The number of nitrogens with zero attached hydrogens (tertiary/aromatic N) is 2. The number of nitrogens with two attached hydrogens (primary N) is 1. The Morgan fingerprint density at radius 2 is 2.00 bits per heavy atom. The van der Waals surface area contributed by atoms with Crippen molar-refractivity contribution >= 4 is 23.1 Å². The minimum atomic E-state index is -0.526. The van der Waals surface area contributed by atoms with Gasteiger partial charge in [-0.3, -0.25) is 14.9 Å². The lowest BCUT2D eigenvalue weighted by molar-refractivity contribution is -0.385. The Hall–Kier alpha value is -2.96. The van der Waals surface area contributed by atoms with Crippen molar-refractivity contribution in [1.29, 1.82) is 0 Å². The molecule has 1 aromatic carbocycles. The number of amides is 1. The van der Waals surface area contributed by atoms with E-state index < -0.39 is 4.92 Å². The summed E-state index contributed by atoms with van der Waals surface area (Å²) in [4.78, 5) is 25.0. The van der Waals surface area contributed by atoms with Crippen LogP contribution in [0.15, 0.2) is 36.5 Å². The molecule has 1 heterocycles. The summed E-state index contributed by atoms with van der Waals surface area (Å²) in [5.41, 5.74) is 7.42. The Bertz CT molecular complexity index is 668. The summed E-state index contributed by atoms with van der Waals surface area (Å²) >= 11 is 0. The number of rotatable bonds is 3. The summed E-state index contributed by atoms with van der Waals surface area (Å²) < 4.78 is 0. The topological polar surface area (TPSA) is 111 Å². The molecule has 0 aliphatic carbocycles. The molecule has 20 heavy (non-hydrogen) atoms. The zero-order valence-electron chi connectivity index (χ0n) is 10.7. The number of hydrogen-bond acceptors (Lipinski definition) is 5. The molecular formula is C13H12N4O3. The van der Waals surface area contributed by atoms with Gasteiger partial charge in [0.05, 0.1) is 4.92 Å². The van der Waals surface area contributed by atoms with Crippen LogP contribution in [0.2, 0.25) is 0 Å². The van der Waals surface area contributed by atoms with Gasteiger partial charge in [-0.25, -0.2) is 4.98 Å². The average Bonchev–Trinajstić information content (AvgIpc) is 2.39. The minimum absolute atomic E-state index is 0.125. The van der Waals surface area contributed by atoms with E-state index in [-0.39, 0.29) is 17.4 Å². The second-order valence-electron chi connectivity index (χ2n) is 4.14. The van der Waals surface area contributed by atoms with Crippen molar-refractivity contribution in [3.05, 3.63) is 46.6 Å². The molecular weight excluding hydrogens is 260 g/mol. The third-order valence-electron chi connectivity index (χ3n) is 2.63. The molecule has 0 saturated heterocycles. The van der Waals surface area contributed by atoms with Gasteiger partial charge in [-0.15, -0.1) is 0 Å². The van der Waals surface area contributed by atoms with E-state index in [4.69, 9.17) is 5.73 Å². The second-order valence-corrected chi connectivity index (χ2v) is 4.14. The van der Waals surface area contributed by atoms with Crippen molar-refractivity contribution in [2.45, 2.75) is 6.92 Å². The zero-order chi connectivity index (χ0) is 14.7. The fourth-order valence-electron chi connectivity index (χ4n) is 1.73. The summed E-state index contributed by atoms with van der Waals surface area (Å²) in [5.74, 6) is 0.0390. The molecule has 2 rings (SSSR count). The van der Waals surface area contributed by atoms with Crippen LogP contribution in [0.25, 0.3) is 11.1 Å². The maximum absolute atomic E-state index is 10.9. The van der Waals surface area contributed by atoms with Gasteiger partial charge in [0.25, 0.3) is 5.69 Å². The van der Waals surface area contributed by atoms with E-state index in [0.717, 1.165) is 6.20 Å². The molecule has 1 aromatic heterocycles. The van der Waals surface area contributed by atoms with Crippen LogP contribution >= 0.6 is 0 Å². The minimum Gasteiger partial charge on any atom is -0.383 e. The van der Waals surface area contributed by atoms with Crippen LogP contribution in [0, 0.1) is 10.1 Å². The van der Waals surface area contributed by atoms with Gasteiger partial charge in [-0.2, -0.15) is 0 Å². The van der Waals surface area contributed by atoms with Gasteiger partial charge in [-0.05, 0) is 17.7 Å². The summed E-state index contributed by atoms with van der Waals surface area (Å²) in [6.45, 7) is 1.41. The van der Waals surface area contributed by atoms with Crippen molar-refractivity contribution in [2.75, 3.05) is 11.1 Å². The van der Waals surface area contributed by atoms with Gasteiger partial charge in [0, 0.05) is 24.2 Å². The maximum Gasteiger partial charge on any atom is 0.288 e. The first-order chi connectivity index (χ1) is 9.47. The molecule has 0 atom stereocenters. The standard InChI is InChI=1S/C13H12N4O3/c1-8(18)16-10-4-2-9(3-5-10)12-6-11(17(19)20)7-15-13(12)14/h2-7H,1H3,(H2,14,15)(H,16,18). The third-order valence-corrected chi connectivity index (χ3v) is 2.63. The van der Waals surface area contributed by atoms with E-state index in [1.54, 1.807) is 24.3 Å². The lowest BCUT2D eigenvalue weighted by Gasteiger charge is -2.06. The molecule has 0 radical (unpaired) electrons. The number of pyridine rings is 1. The highest BCUT2D eigenvalue weighted by Gasteiger charge is 2.12. The van der Waals surface area contributed by atoms with Crippen LogP contribution in [0.3, 0.4) is 0 Å². The molecule has 2 aromatic rings. The third kappa shape index (κ3) is 2.89. The van der Waals surface area contributed by atoms with Crippen molar-refractivity contribution in [3.8, 4) is 11.1 Å². The normalized spacial score (nSPS) is 10.1. The second kappa shape index (κ2) is 5.35. The molecule has 7 nitrogen and oxygen atoms in total. The number of carbonyl (C=O) groups excluding carboxylic acids is 1. The van der Waals surface area contributed by atoms with Gasteiger partial charge < -0.3 is 11.1 Å². The summed E-state index contributed by atoms with van der Waals surface area (Å²) in [7, 11) is 0. The molecule has 0 unspecified atom stereocenters. The van der Waals surface area contributed by atoms with Gasteiger partial charge in [0.2, 0.25) is 5.91 Å². The van der Waals surface area contributed by atoms with E-state index in [9.17, 15) is 14.9 Å². The summed E-state index contributed by atoms with van der Waals surface area (Å²) in [6.07, 6.45) is 1.12.